The molecule has 0 saturated heterocycles. The molecule has 15 heavy (non-hydrogen) atoms. The molecule has 0 aliphatic heterocycles. The Balaban J connectivity index is 2.27. The smallest absolute Gasteiger partial charge is 0.129 e. The summed E-state index contributed by atoms with van der Waals surface area (Å²) in [7, 11) is 0. The zero-order chi connectivity index (χ0) is 11.0. The molecule has 1 aromatic rings. The maximum Gasteiger partial charge on any atom is 0.129 e. The molecule has 0 bridgehead atoms. The SMILES string of the molecule is N[C@H](c1c(F)cccc1Br)[C@@H](O)C1CC1. The number of aliphatic hydroxyl groups is 1. The highest BCUT2D eigenvalue weighted by atomic mass is 79.9. The molecule has 1 saturated carbocycles. The fourth-order valence-corrected chi connectivity index (χ4v) is 2.34. The van der Waals surface area contributed by atoms with Crippen LogP contribution in [-0.2, 0) is 0 Å². The first kappa shape index (κ1) is 11.0. The number of nitrogens with two attached hydrogens (primary N) is 1. The lowest BCUT2D eigenvalue weighted by atomic mass is 9.99. The number of aliphatic hydroxyl groups excluding tert-OH is 1. The van der Waals surface area contributed by atoms with Gasteiger partial charge in [-0.2, -0.15) is 0 Å². The summed E-state index contributed by atoms with van der Waals surface area (Å²) in [6, 6.07) is 4.06. The number of rotatable bonds is 3. The van der Waals surface area contributed by atoms with Gasteiger partial charge in [0.1, 0.15) is 5.82 Å². The molecule has 0 heterocycles. The van der Waals surface area contributed by atoms with Crippen molar-refractivity contribution in [1.29, 1.82) is 0 Å². The fraction of sp³-hybridized carbons (Fsp3) is 0.455. The van der Waals surface area contributed by atoms with Crippen LogP contribution in [0, 0.1) is 11.7 Å². The summed E-state index contributed by atoms with van der Waals surface area (Å²) in [6.45, 7) is 0. The average Bonchev–Trinajstić information content (AvgIpc) is 2.99. The van der Waals surface area contributed by atoms with E-state index in [1.807, 2.05) is 0 Å². The molecule has 0 spiro atoms. The Kier molecular flexibility index (Phi) is 3.09. The Morgan fingerprint density at radius 2 is 2.13 bits per heavy atom. The van der Waals surface area contributed by atoms with Crippen molar-refractivity contribution in [2.45, 2.75) is 25.0 Å². The lowest BCUT2D eigenvalue weighted by molar-refractivity contribution is 0.120. The van der Waals surface area contributed by atoms with Gasteiger partial charge in [-0.1, -0.05) is 22.0 Å². The molecule has 2 atom stereocenters. The first-order chi connectivity index (χ1) is 7.11. The van der Waals surface area contributed by atoms with Crippen LogP contribution in [0.5, 0.6) is 0 Å². The summed E-state index contributed by atoms with van der Waals surface area (Å²) in [5.74, 6) is -0.122. The van der Waals surface area contributed by atoms with Crippen molar-refractivity contribution < 1.29 is 9.50 Å². The maximum absolute atomic E-state index is 13.5. The Hall–Kier alpha value is -0.450. The second-order valence-corrected chi connectivity index (χ2v) is 4.84. The van der Waals surface area contributed by atoms with Gasteiger partial charge in [-0.15, -0.1) is 0 Å². The van der Waals surface area contributed by atoms with Gasteiger partial charge in [0.05, 0.1) is 12.1 Å². The molecule has 1 fully saturated rings. The highest BCUT2D eigenvalue weighted by Crippen LogP contribution is 2.39. The molecule has 0 aromatic heterocycles. The van der Waals surface area contributed by atoms with E-state index in [1.54, 1.807) is 12.1 Å². The summed E-state index contributed by atoms with van der Waals surface area (Å²) in [4.78, 5) is 0. The van der Waals surface area contributed by atoms with E-state index in [-0.39, 0.29) is 11.7 Å². The molecule has 0 unspecified atom stereocenters. The number of halogens is 2. The van der Waals surface area contributed by atoms with Crippen LogP contribution < -0.4 is 5.73 Å². The third-order valence-electron chi connectivity index (χ3n) is 2.81. The van der Waals surface area contributed by atoms with Gasteiger partial charge in [0, 0.05) is 10.0 Å². The zero-order valence-corrected chi connectivity index (χ0v) is 9.74. The molecular weight excluding hydrogens is 261 g/mol. The summed E-state index contributed by atoms with van der Waals surface area (Å²) in [6.07, 6.45) is 1.33. The van der Waals surface area contributed by atoms with Crippen LogP contribution in [-0.4, -0.2) is 11.2 Å². The van der Waals surface area contributed by atoms with Crippen LogP contribution in [0.25, 0.3) is 0 Å². The second-order valence-electron chi connectivity index (χ2n) is 3.99. The third kappa shape index (κ3) is 2.22. The Labute approximate surface area is 96.4 Å². The molecule has 1 aromatic carbocycles. The highest BCUT2D eigenvalue weighted by molar-refractivity contribution is 9.10. The van der Waals surface area contributed by atoms with Crippen LogP contribution in [0.15, 0.2) is 22.7 Å². The van der Waals surface area contributed by atoms with Crippen molar-refractivity contribution in [3.63, 3.8) is 0 Å². The van der Waals surface area contributed by atoms with Crippen molar-refractivity contribution in [2.75, 3.05) is 0 Å². The van der Waals surface area contributed by atoms with Crippen LogP contribution in [0.3, 0.4) is 0 Å². The van der Waals surface area contributed by atoms with Gasteiger partial charge in [-0.05, 0) is 30.9 Å². The van der Waals surface area contributed by atoms with Crippen molar-refractivity contribution in [3.8, 4) is 0 Å². The zero-order valence-electron chi connectivity index (χ0n) is 8.16. The van der Waals surface area contributed by atoms with Crippen LogP contribution in [0.1, 0.15) is 24.4 Å². The molecule has 3 N–H and O–H groups in total. The van der Waals surface area contributed by atoms with E-state index in [4.69, 9.17) is 5.73 Å². The van der Waals surface area contributed by atoms with Gasteiger partial charge in [0.15, 0.2) is 0 Å². The van der Waals surface area contributed by atoms with Crippen LogP contribution >= 0.6 is 15.9 Å². The minimum absolute atomic E-state index is 0.242. The van der Waals surface area contributed by atoms with Gasteiger partial charge >= 0.3 is 0 Å². The van der Waals surface area contributed by atoms with Gasteiger partial charge in [-0.3, -0.25) is 0 Å². The van der Waals surface area contributed by atoms with Crippen molar-refractivity contribution >= 4 is 15.9 Å². The molecule has 4 heteroatoms. The van der Waals surface area contributed by atoms with E-state index in [9.17, 15) is 9.50 Å². The van der Waals surface area contributed by atoms with Gasteiger partial charge in [0.2, 0.25) is 0 Å². The lowest BCUT2D eigenvalue weighted by Crippen LogP contribution is -2.29. The first-order valence-corrected chi connectivity index (χ1v) is 5.78. The molecule has 1 aliphatic rings. The minimum atomic E-state index is -0.645. The summed E-state index contributed by atoms with van der Waals surface area (Å²) in [5.41, 5.74) is 6.23. The van der Waals surface area contributed by atoms with Crippen molar-refractivity contribution in [2.24, 2.45) is 11.7 Å². The molecule has 0 radical (unpaired) electrons. The molecule has 82 valence electrons. The van der Waals surface area contributed by atoms with Crippen LogP contribution in [0.4, 0.5) is 4.39 Å². The van der Waals surface area contributed by atoms with Crippen LogP contribution in [0.2, 0.25) is 0 Å². The van der Waals surface area contributed by atoms with Crippen molar-refractivity contribution in [3.05, 3.63) is 34.1 Å². The van der Waals surface area contributed by atoms with E-state index < -0.39 is 12.1 Å². The van der Waals surface area contributed by atoms with E-state index in [1.165, 1.54) is 6.07 Å². The minimum Gasteiger partial charge on any atom is -0.391 e. The second kappa shape index (κ2) is 4.20. The predicted molar refractivity (Wildman–Crippen MR) is 59.8 cm³/mol. The van der Waals surface area contributed by atoms with Crippen molar-refractivity contribution in [1.82, 2.24) is 0 Å². The summed E-state index contributed by atoms with van der Waals surface area (Å²) < 4.78 is 14.1. The monoisotopic (exact) mass is 273 g/mol. The maximum atomic E-state index is 13.5. The normalized spacial score (nSPS) is 20.0. The molecule has 2 nitrogen and oxygen atoms in total. The predicted octanol–water partition coefficient (Wildman–Crippen LogP) is 2.36. The first-order valence-electron chi connectivity index (χ1n) is 4.99. The quantitative estimate of drug-likeness (QED) is 0.888. The fourth-order valence-electron chi connectivity index (χ4n) is 1.73. The topological polar surface area (TPSA) is 46.2 Å². The Bertz CT molecular complexity index is 347. The third-order valence-corrected chi connectivity index (χ3v) is 3.50. The largest absolute Gasteiger partial charge is 0.391 e. The van der Waals surface area contributed by atoms with Gasteiger partial charge in [0.25, 0.3) is 0 Å². The molecular formula is C11H13BrFNO. The van der Waals surface area contributed by atoms with E-state index >= 15 is 0 Å². The number of benzene rings is 1. The van der Waals surface area contributed by atoms with Gasteiger partial charge < -0.3 is 10.8 Å². The molecule has 0 amide bonds. The summed E-state index contributed by atoms with van der Waals surface area (Å²) in [5, 5.41) is 9.85. The Morgan fingerprint density at radius 1 is 1.47 bits per heavy atom. The van der Waals surface area contributed by atoms with E-state index in [2.05, 4.69) is 15.9 Å². The van der Waals surface area contributed by atoms with E-state index in [0.717, 1.165) is 12.8 Å². The number of hydrogen-bond acceptors (Lipinski definition) is 2. The standard InChI is InChI=1S/C11H13BrFNO/c12-7-2-1-3-8(13)9(7)10(14)11(15)6-4-5-6/h1-3,6,10-11,15H,4-5,14H2/t10-,11+/m1/s1. The number of hydrogen-bond donors (Lipinski definition) is 2. The Morgan fingerprint density at radius 3 is 2.67 bits per heavy atom. The lowest BCUT2D eigenvalue weighted by Gasteiger charge is -2.20. The molecule has 1 aliphatic carbocycles. The van der Waals surface area contributed by atoms with Gasteiger partial charge in [-0.25, -0.2) is 4.39 Å². The van der Waals surface area contributed by atoms with E-state index in [0.29, 0.717) is 10.0 Å². The average molecular weight is 274 g/mol. The summed E-state index contributed by atoms with van der Waals surface area (Å²) >= 11 is 3.25. The molecule has 2 rings (SSSR count). The highest BCUT2D eigenvalue weighted by Gasteiger charge is 2.35.